The number of carbonyl (C=O) groups excluding carboxylic acids is 1. The maximum absolute atomic E-state index is 13.4. The van der Waals surface area contributed by atoms with E-state index in [0.717, 1.165) is 61.0 Å². The van der Waals surface area contributed by atoms with Gasteiger partial charge >= 0.3 is 6.18 Å². The highest BCUT2D eigenvalue weighted by Crippen LogP contribution is 2.41. The minimum atomic E-state index is -4.76. The number of amides is 1. The summed E-state index contributed by atoms with van der Waals surface area (Å²) in [5.41, 5.74) is -2.95. The van der Waals surface area contributed by atoms with E-state index in [1.807, 2.05) is 4.90 Å². The van der Waals surface area contributed by atoms with E-state index in [2.05, 4.69) is 20.9 Å². The number of nitrogens with zero attached hydrogens (tertiary/aromatic N) is 4. The Bertz CT molecular complexity index is 907. The molecule has 5 nitrogen and oxygen atoms in total. The molecule has 0 unspecified atom stereocenters. The van der Waals surface area contributed by atoms with E-state index in [-0.39, 0.29) is 16.8 Å². The van der Waals surface area contributed by atoms with E-state index >= 15 is 0 Å². The van der Waals surface area contributed by atoms with Crippen LogP contribution < -0.4 is 4.90 Å². The lowest BCUT2D eigenvalue weighted by Crippen LogP contribution is -2.51. The average molecular weight is 517 g/mol. The van der Waals surface area contributed by atoms with Crippen LogP contribution in [0.1, 0.15) is 63.6 Å². The van der Waals surface area contributed by atoms with Gasteiger partial charge in [-0.2, -0.15) is 18.4 Å². The van der Waals surface area contributed by atoms with E-state index < -0.39 is 28.9 Å². The maximum Gasteiger partial charge on any atom is 0.419 e. The van der Waals surface area contributed by atoms with Crippen molar-refractivity contribution < 1.29 is 18.0 Å². The first-order chi connectivity index (χ1) is 14.5. The first kappa shape index (κ1) is 23.9. The Morgan fingerprint density at radius 2 is 1.97 bits per heavy atom. The van der Waals surface area contributed by atoms with E-state index in [1.165, 1.54) is 6.07 Å². The van der Waals surface area contributed by atoms with Crippen molar-refractivity contribution in [2.24, 2.45) is 5.92 Å². The Balaban J connectivity index is 1.88. The standard InChI is InChI=1S/C21H24BrF3N4OS/c1-20(2)18(30)28(15-10-16(21(23,24)25)17(11-26)27-12-15)19(31)29(20)14-7-5-13(6-8-14)4-3-9-22/h10,12-14H,3-9H2,1-2H3/t13-,14-. The van der Waals surface area contributed by atoms with Gasteiger partial charge in [0.15, 0.2) is 10.8 Å². The first-order valence-electron chi connectivity index (χ1n) is 10.2. The molecule has 10 heteroatoms. The Labute approximate surface area is 193 Å². The Morgan fingerprint density at radius 1 is 1.32 bits per heavy atom. The van der Waals surface area contributed by atoms with Gasteiger partial charge in [-0.25, -0.2) is 4.98 Å². The van der Waals surface area contributed by atoms with Crippen LogP contribution in [0.3, 0.4) is 0 Å². The van der Waals surface area contributed by atoms with Crippen LogP contribution in [0.25, 0.3) is 0 Å². The third-order valence-corrected chi connectivity index (χ3v) is 7.14. The van der Waals surface area contributed by atoms with Gasteiger partial charge in [0.25, 0.3) is 5.91 Å². The fraction of sp³-hybridized carbons (Fsp3) is 0.619. The van der Waals surface area contributed by atoms with Crippen LogP contribution in [0.2, 0.25) is 0 Å². The molecule has 1 aliphatic heterocycles. The molecule has 0 radical (unpaired) electrons. The number of nitriles is 1. The molecule has 1 aliphatic carbocycles. The second-order valence-corrected chi connectivity index (χ2v) is 9.72. The number of hydrogen-bond donors (Lipinski definition) is 0. The van der Waals surface area contributed by atoms with Crippen LogP contribution in [0.4, 0.5) is 18.9 Å². The fourth-order valence-electron chi connectivity index (χ4n) is 4.59. The van der Waals surface area contributed by atoms with Crippen LogP contribution in [0.15, 0.2) is 12.3 Å². The molecular formula is C21H24BrF3N4OS. The first-order valence-corrected chi connectivity index (χ1v) is 11.8. The zero-order chi connectivity index (χ0) is 23.0. The SMILES string of the molecule is CC1(C)C(=O)N(c2cnc(C#N)c(C(F)(F)F)c2)C(=S)N1[C@H]1CC[C@H](CCCBr)CC1. The molecule has 1 saturated heterocycles. The van der Waals surface area contributed by atoms with Crippen molar-refractivity contribution >= 4 is 44.9 Å². The lowest BCUT2D eigenvalue weighted by atomic mass is 9.82. The zero-order valence-electron chi connectivity index (χ0n) is 17.4. The molecular weight excluding hydrogens is 493 g/mol. The summed E-state index contributed by atoms with van der Waals surface area (Å²) in [6, 6.07) is 2.30. The summed E-state index contributed by atoms with van der Waals surface area (Å²) in [5, 5.41) is 10.2. The van der Waals surface area contributed by atoms with Crippen molar-refractivity contribution in [3.63, 3.8) is 0 Å². The molecule has 168 valence electrons. The maximum atomic E-state index is 13.4. The van der Waals surface area contributed by atoms with E-state index in [9.17, 15) is 18.0 Å². The minimum absolute atomic E-state index is 0.0603. The number of alkyl halides is 4. The molecule has 2 heterocycles. The largest absolute Gasteiger partial charge is 0.419 e. The van der Waals surface area contributed by atoms with Crippen molar-refractivity contribution in [3.8, 4) is 6.07 Å². The highest BCUT2D eigenvalue weighted by Gasteiger charge is 2.52. The van der Waals surface area contributed by atoms with E-state index in [1.54, 1.807) is 13.8 Å². The normalized spacial score (nSPS) is 23.9. The number of aromatic nitrogens is 1. The summed E-state index contributed by atoms with van der Waals surface area (Å²) >= 11 is 9.06. The molecule has 0 spiro atoms. The van der Waals surface area contributed by atoms with Gasteiger partial charge < -0.3 is 4.90 Å². The van der Waals surface area contributed by atoms with Gasteiger partial charge in [-0.1, -0.05) is 15.9 Å². The smallest absolute Gasteiger partial charge is 0.331 e. The summed E-state index contributed by atoms with van der Waals surface area (Å²) in [6.07, 6.45) is 2.48. The van der Waals surface area contributed by atoms with Gasteiger partial charge in [0.1, 0.15) is 11.6 Å². The molecule has 31 heavy (non-hydrogen) atoms. The summed E-state index contributed by atoms with van der Waals surface area (Å²) in [5.74, 6) is 0.260. The number of thiocarbonyl (C=S) groups is 1. The molecule has 0 N–H and O–H groups in total. The quantitative estimate of drug-likeness (QED) is 0.386. The lowest BCUT2D eigenvalue weighted by molar-refractivity contribution is -0.138. The molecule has 1 saturated carbocycles. The van der Waals surface area contributed by atoms with Crippen molar-refractivity contribution in [1.29, 1.82) is 5.26 Å². The Hall–Kier alpha value is -1.73. The van der Waals surface area contributed by atoms with Crippen molar-refractivity contribution in [2.75, 3.05) is 10.2 Å². The highest BCUT2D eigenvalue weighted by atomic mass is 79.9. The van der Waals surface area contributed by atoms with Crippen LogP contribution >= 0.6 is 28.1 Å². The van der Waals surface area contributed by atoms with E-state index in [0.29, 0.717) is 5.92 Å². The van der Waals surface area contributed by atoms with Gasteiger partial charge in [-0.15, -0.1) is 0 Å². The molecule has 3 rings (SSSR count). The second kappa shape index (κ2) is 9.02. The van der Waals surface area contributed by atoms with Gasteiger partial charge in [0.2, 0.25) is 0 Å². The number of halogens is 4. The number of hydrogen-bond acceptors (Lipinski definition) is 4. The van der Waals surface area contributed by atoms with Gasteiger partial charge in [-0.05, 0) is 76.6 Å². The van der Waals surface area contributed by atoms with Crippen molar-refractivity contribution in [1.82, 2.24) is 9.88 Å². The zero-order valence-corrected chi connectivity index (χ0v) is 19.8. The second-order valence-electron chi connectivity index (χ2n) is 8.56. The number of carbonyl (C=O) groups is 1. The summed E-state index contributed by atoms with van der Waals surface area (Å²) in [7, 11) is 0. The molecule has 2 aliphatic rings. The summed E-state index contributed by atoms with van der Waals surface area (Å²) in [4.78, 5) is 19.9. The topological polar surface area (TPSA) is 60.2 Å². The Kier molecular flexibility index (Phi) is 6.96. The van der Waals surface area contributed by atoms with Gasteiger partial charge in [0, 0.05) is 11.4 Å². The van der Waals surface area contributed by atoms with Gasteiger partial charge in [-0.3, -0.25) is 9.69 Å². The minimum Gasteiger partial charge on any atom is -0.331 e. The Morgan fingerprint density at radius 3 is 2.52 bits per heavy atom. The average Bonchev–Trinajstić information content (AvgIpc) is 2.90. The summed E-state index contributed by atoms with van der Waals surface area (Å²) in [6.45, 7) is 3.50. The van der Waals surface area contributed by atoms with Crippen LogP contribution in [-0.2, 0) is 11.0 Å². The van der Waals surface area contributed by atoms with Crippen LogP contribution in [0, 0.1) is 17.2 Å². The number of rotatable bonds is 5. The predicted molar refractivity (Wildman–Crippen MR) is 119 cm³/mol. The van der Waals surface area contributed by atoms with Crippen molar-refractivity contribution in [3.05, 3.63) is 23.5 Å². The fourth-order valence-corrected chi connectivity index (χ4v) is 5.48. The number of pyridine rings is 1. The van der Waals surface area contributed by atoms with Crippen molar-refractivity contribution in [2.45, 2.75) is 70.1 Å². The third kappa shape index (κ3) is 4.58. The molecule has 0 atom stereocenters. The predicted octanol–water partition coefficient (Wildman–Crippen LogP) is 5.42. The third-order valence-electron chi connectivity index (χ3n) is 6.20. The van der Waals surface area contributed by atoms with E-state index in [4.69, 9.17) is 17.5 Å². The molecule has 0 bridgehead atoms. The highest BCUT2D eigenvalue weighted by molar-refractivity contribution is 9.09. The van der Waals surface area contributed by atoms with Crippen LogP contribution in [-0.4, -0.2) is 37.8 Å². The van der Waals surface area contributed by atoms with Crippen LogP contribution in [0.5, 0.6) is 0 Å². The number of anilines is 1. The molecule has 2 fully saturated rings. The molecule has 1 aromatic heterocycles. The van der Waals surface area contributed by atoms with Gasteiger partial charge in [0.05, 0.1) is 17.4 Å². The summed E-state index contributed by atoms with van der Waals surface area (Å²) < 4.78 is 40.2. The monoisotopic (exact) mass is 516 g/mol. The lowest BCUT2D eigenvalue weighted by Gasteiger charge is -2.41. The molecule has 1 amide bonds. The molecule has 0 aromatic carbocycles. The molecule has 1 aromatic rings.